The van der Waals surface area contributed by atoms with E-state index in [0.29, 0.717) is 12.4 Å². The molecule has 7 nitrogen and oxygen atoms in total. The van der Waals surface area contributed by atoms with E-state index in [2.05, 4.69) is 20.1 Å². The van der Waals surface area contributed by atoms with Crippen molar-refractivity contribution in [1.82, 2.24) is 10.2 Å². The molecule has 0 aliphatic carbocycles. The molecule has 0 aromatic heterocycles. The molecule has 0 unspecified atom stereocenters. The van der Waals surface area contributed by atoms with Crippen LogP contribution in [0.25, 0.3) is 0 Å². The van der Waals surface area contributed by atoms with Crippen molar-refractivity contribution >= 4 is 11.6 Å². The van der Waals surface area contributed by atoms with Gasteiger partial charge in [-0.2, -0.15) is 0 Å². The van der Waals surface area contributed by atoms with Gasteiger partial charge < -0.3 is 29.7 Å². The molecule has 0 atom stereocenters. The molecular weight excluding hydrogens is 368 g/mol. The summed E-state index contributed by atoms with van der Waals surface area (Å²) in [6.07, 6.45) is 0.878. The van der Waals surface area contributed by atoms with Gasteiger partial charge in [-0.05, 0) is 42.8 Å². The first kappa shape index (κ1) is 20.6. The lowest BCUT2D eigenvalue weighted by molar-refractivity contribution is 0.308. The quantitative estimate of drug-likeness (QED) is 0.424. The Morgan fingerprint density at radius 2 is 1.72 bits per heavy atom. The molecule has 1 aliphatic heterocycles. The van der Waals surface area contributed by atoms with E-state index in [0.717, 1.165) is 62.3 Å². The van der Waals surface area contributed by atoms with Crippen LogP contribution in [0.2, 0.25) is 0 Å². The average molecular weight is 399 g/mol. The molecule has 0 amide bonds. The smallest absolute Gasteiger partial charge is 0.193 e. The Morgan fingerprint density at radius 3 is 2.38 bits per heavy atom. The number of methoxy groups -OCH3 is 1. The Balaban J connectivity index is 1.38. The highest BCUT2D eigenvalue weighted by Gasteiger charge is 2.21. The number of nitrogens with one attached hydrogen (secondary N) is 1. The van der Waals surface area contributed by atoms with Crippen LogP contribution in [0, 0.1) is 0 Å². The predicted octanol–water partition coefficient (Wildman–Crippen LogP) is 2.57. The highest BCUT2D eigenvalue weighted by molar-refractivity contribution is 5.80. The first-order valence-electron chi connectivity index (χ1n) is 9.96. The van der Waals surface area contributed by atoms with E-state index in [1.165, 1.54) is 0 Å². The van der Waals surface area contributed by atoms with Crippen LogP contribution in [-0.2, 0) is 0 Å². The van der Waals surface area contributed by atoms with Crippen molar-refractivity contribution in [2.75, 3.05) is 58.4 Å². The largest absolute Gasteiger partial charge is 0.506 e. The molecule has 156 valence electrons. The summed E-state index contributed by atoms with van der Waals surface area (Å²) in [6.45, 7) is 4.84. The van der Waals surface area contributed by atoms with Crippen LogP contribution in [0.3, 0.4) is 0 Å². The maximum absolute atomic E-state index is 10.0. The first-order chi connectivity index (χ1) is 14.2. The Bertz CT molecular complexity index is 787. The predicted molar refractivity (Wildman–Crippen MR) is 116 cm³/mol. The molecule has 7 heteroatoms. The number of ether oxygens (including phenoxy) is 2. The van der Waals surface area contributed by atoms with E-state index in [9.17, 15) is 5.11 Å². The van der Waals surface area contributed by atoms with Crippen LogP contribution in [0.5, 0.6) is 17.2 Å². The van der Waals surface area contributed by atoms with E-state index < -0.39 is 0 Å². The SMILES string of the molecule is CN=C(NCCCOc1ccc(OC)cc1)N1CCN(c2ccccc2O)CC1. The van der Waals surface area contributed by atoms with Gasteiger partial charge in [0.15, 0.2) is 5.96 Å². The fourth-order valence-corrected chi connectivity index (χ4v) is 3.36. The van der Waals surface area contributed by atoms with E-state index >= 15 is 0 Å². The van der Waals surface area contributed by atoms with Gasteiger partial charge >= 0.3 is 0 Å². The van der Waals surface area contributed by atoms with Crippen LogP contribution in [0.4, 0.5) is 5.69 Å². The van der Waals surface area contributed by atoms with Gasteiger partial charge in [0.05, 0.1) is 19.4 Å². The summed E-state index contributed by atoms with van der Waals surface area (Å²) in [5.74, 6) is 2.91. The molecule has 0 radical (unpaired) electrons. The van der Waals surface area contributed by atoms with Gasteiger partial charge in [0, 0.05) is 39.8 Å². The monoisotopic (exact) mass is 398 g/mol. The molecule has 1 aliphatic rings. The summed E-state index contributed by atoms with van der Waals surface area (Å²) in [5.41, 5.74) is 0.894. The fraction of sp³-hybridized carbons (Fsp3) is 0.409. The highest BCUT2D eigenvalue weighted by Crippen LogP contribution is 2.27. The van der Waals surface area contributed by atoms with E-state index in [-0.39, 0.29) is 0 Å². The molecule has 0 spiro atoms. The van der Waals surface area contributed by atoms with Crippen molar-refractivity contribution in [3.63, 3.8) is 0 Å². The molecule has 1 saturated heterocycles. The second kappa shape index (κ2) is 10.5. The van der Waals surface area contributed by atoms with Gasteiger partial charge in [-0.15, -0.1) is 0 Å². The third kappa shape index (κ3) is 5.70. The van der Waals surface area contributed by atoms with Crippen LogP contribution >= 0.6 is 0 Å². The number of aliphatic imine (C=N–C) groups is 1. The van der Waals surface area contributed by atoms with Crippen molar-refractivity contribution in [3.05, 3.63) is 48.5 Å². The summed E-state index contributed by atoms with van der Waals surface area (Å²) in [7, 11) is 3.46. The van der Waals surface area contributed by atoms with Crippen LogP contribution in [0.15, 0.2) is 53.5 Å². The minimum atomic E-state index is 0.334. The van der Waals surface area contributed by atoms with Crippen LogP contribution in [0.1, 0.15) is 6.42 Å². The molecule has 1 fully saturated rings. The zero-order chi connectivity index (χ0) is 20.5. The number of anilines is 1. The van der Waals surface area contributed by atoms with Crippen molar-refractivity contribution in [2.24, 2.45) is 4.99 Å². The molecular formula is C22H30N4O3. The van der Waals surface area contributed by atoms with Crippen molar-refractivity contribution in [1.29, 1.82) is 0 Å². The fourth-order valence-electron chi connectivity index (χ4n) is 3.36. The minimum absolute atomic E-state index is 0.334. The zero-order valence-electron chi connectivity index (χ0n) is 17.2. The molecule has 2 N–H and O–H groups in total. The van der Waals surface area contributed by atoms with Crippen molar-refractivity contribution < 1.29 is 14.6 Å². The van der Waals surface area contributed by atoms with E-state index in [1.54, 1.807) is 13.2 Å². The number of piperazine rings is 1. The third-order valence-corrected chi connectivity index (χ3v) is 4.95. The number of aromatic hydroxyl groups is 1. The molecule has 1 heterocycles. The number of nitrogens with zero attached hydrogens (tertiary/aromatic N) is 3. The number of hydrogen-bond donors (Lipinski definition) is 2. The summed E-state index contributed by atoms with van der Waals surface area (Å²) < 4.78 is 10.9. The Kier molecular flexibility index (Phi) is 7.44. The average Bonchev–Trinajstić information content (AvgIpc) is 2.77. The zero-order valence-corrected chi connectivity index (χ0v) is 17.2. The number of phenols is 1. The third-order valence-electron chi connectivity index (χ3n) is 4.95. The summed E-state index contributed by atoms with van der Waals surface area (Å²) in [5, 5.41) is 13.5. The number of guanidine groups is 1. The molecule has 0 bridgehead atoms. The second-order valence-corrected chi connectivity index (χ2v) is 6.81. The van der Waals surface area contributed by atoms with Gasteiger partial charge in [0.1, 0.15) is 17.2 Å². The lowest BCUT2D eigenvalue weighted by Gasteiger charge is -2.37. The van der Waals surface area contributed by atoms with Crippen molar-refractivity contribution in [2.45, 2.75) is 6.42 Å². The van der Waals surface area contributed by atoms with Gasteiger partial charge in [-0.1, -0.05) is 12.1 Å². The maximum Gasteiger partial charge on any atom is 0.193 e. The van der Waals surface area contributed by atoms with Crippen molar-refractivity contribution in [3.8, 4) is 17.2 Å². The highest BCUT2D eigenvalue weighted by atomic mass is 16.5. The summed E-state index contributed by atoms with van der Waals surface area (Å²) >= 11 is 0. The number of hydrogen-bond acceptors (Lipinski definition) is 5. The number of rotatable bonds is 7. The molecule has 0 saturated carbocycles. The first-order valence-corrected chi connectivity index (χ1v) is 9.96. The van der Waals surface area contributed by atoms with Gasteiger partial charge in [-0.25, -0.2) is 0 Å². The summed E-state index contributed by atoms with van der Waals surface area (Å²) in [4.78, 5) is 8.87. The molecule has 2 aromatic rings. The lowest BCUT2D eigenvalue weighted by atomic mass is 10.2. The number of benzene rings is 2. The van der Waals surface area contributed by atoms with E-state index in [4.69, 9.17) is 9.47 Å². The molecule has 29 heavy (non-hydrogen) atoms. The van der Waals surface area contributed by atoms with Gasteiger partial charge in [0.2, 0.25) is 0 Å². The second-order valence-electron chi connectivity index (χ2n) is 6.81. The summed E-state index contributed by atoms with van der Waals surface area (Å²) in [6, 6.07) is 15.1. The number of para-hydroxylation sites is 2. The Hall–Kier alpha value is -3.09. The maximum atomic E-state index is 10.0. The lowest BCUT2D eigenvalue weighted by Crippen LogP contribution is -2.52. The van der Waals surface area contributed by atoms with Gasteiger partial charge in [0.25, 0.3) is 0 Å². The number of phenolic OH excluding ortho intramolecular Hbond substituents is 1. The van der Waals surface area contributed by atoms with Gasteiger partial charge in [-0.3, -0.25) is 4.99 Å². The standard InChI is InChI=1S/C22H30N4O3/c1-23-22(24-12-5-17-29-19-10-8-18(28-2)9-11-19)26-15-13-25(14-16-26)20-6-3-4-7-21(20)27/h3-4,6-11,27H,5,12-17H2,1-2H3,(H,23,24). The molecule has 3 rings (SSSR count). The topological polar surface area (TPSA) is 69.6 Å². The minimum Gasteiger partial charge on any atom is -0.506 e. The normalized spacial score (nSPS) is 14.6. The molecule has 2 aromatic carbocycles. The van der Waals surface area contributed by atoms with Crippen LogP contribution in [-0.4, -0.2) is 69.5 Å². The van der Waals surface area contributed by atoms with E-state index in [1.807, 2.05) is 49.5 Å². The van der Waals surface area contributed by atoms with Crippen LogP contribution < -0.4 is 19.7 Å². The Labute approximate surface area is 172 Å². The Morgan fingerprint density at radius 1 is 1.03 bits per heavy atom.